The molecule has 0 aliphatic carbocycles. The van der Waals surface area contributed by atoms with Gasteiger partial charge in [0.15, 0.2) is 0 Å². The smallest absolute Gasteiger partial charge is 0.250 e. The molecule has 0 atom stereocenters. The lowest BCUT2D eigenvalue weighted by molar-refractivity contribution is 0.133. The molecule has 0 fully saturated rings. The van der Waals surface area contributed by atoms with Crippen LogP contribution in [-0.2, 0) is 11.3 Å². The predicted molar refractivity (Wildman–Crippen MR) is 74.0 cm³/mol. The molecule has 0 unspecified atom stereocenters. The Kier molecular flexibility index (Phi) is 7.37. The lowest BCUT2D eigenvalue weighted by atomic mass is 10.3. The van der Waals surface area contributed by atoms with E-state index in [1.165, 1.54) is 6.42 Å². The van der Waals surface area contributed by atoms with Gasteiger partial charge in [0, 0.05) is 38.5 Å². The molecule has 0 saturated carbocycles. The summed E-state index contributed by atoms with van der Waals surface area (Å²) in [5.74, 6) is 0. The van der Waals surface area contributed by atoms with Crippen LogP contribution in [0, 0.1) is 6.92 Å². The van der Waals surface area contributed by atoms with Crippen LogP contribution in [0.25, 0.3) is 0 Å². The first kappa shape index (κ1) is 14.9. The van der Waals surface area contributed by atoms with Crippen molar-refractivity contribution in [2.75, 3.05) is 26.3 Å². The molecule has 0 aliphatic heterocycles. The fourth-order valence-corrected chi connectivity index (χ4v) is 1.61. The topological polar surface area (TPSA) is 43.3 Å². The Labute approximate surface area is 109 Å². The number of ether oxygens (including phenoxy) is 1. The number of hydrogen-bond acceptors (Lipinski definition) is 3. The Morgan fingerprint density at radius 1 is 1.33 bits per heavy atom. The molecule has 4 heteroatoms. The van der Waals surface area contributed by atoms with Crippen molar-refractivity contribution in [2.45, 2.75) is 33.2 Å². The van der Waals surface area contributed by atoms with Crippen molar-refractivity contribution in [1.82, 2.24) is 9.88 Å². The third kappa shape index (κ3) is 5.98. The second kappa shape index (κ2) is 8.89. The Balaban J connectivity index is 2.09. The number of unbranched alkanes of at least 4 members (excludes halogenated alkanes) is 1. The van der Waals surface area contributed by atoms with Gasteiger partial charge in [0.2, 0.25) is 0 Å². The van der Waals surface area contributed by atoms with Crippen LogP contribution >= 0.6 is 0 Å². The van der Waals surface area contributed by atoms with E-state index in [4.69, 9.17) is 4.74 Å². The molecular formula is C14H24N2O2. The summed E-state index contributed by atoms with van der Waals surface area (Å²) in [5.41, 5.74) is 1.07. The molecule has 0 bridgehead atoms. The van der Waals surface area contributed by atoms with Crippen molar-refractivity contribution in [3.63, 3.8) is 0 Å². The monoisotopic (exact) mass is 252 g/mol. The van der Waals surface area contributed by atoms with E-state index in [-0.39, 0.29) is 5.56 Å². The van der Waals surface area contributed by atoms with Crippen LogP contribution in [0.15, 0.2) is 23.1 Å². The standard InChI is InChI=1S/C14H24N2O2/c1-3-4-10-18-11-7-15-6-9-16-8-5-13(2)12-14(16)17/h5,8,12,15H,3-4,6-7,9-11H2,1-2H3. The summed E-state index contributed by atoms with van der Waals surface area (Å²) < 4.78 is 7.15. The number of rotatable bonds is 9. The second-order valence-corrected chi connectivity index (χ2v) is 4.45. The van der Waals surface area contributed by atoms with Crippen molar-refractivity contribution >= 4 is 0 Å². The summed E-state index contributed by atoms with van der Waals surface area (Å²) in [5, 5.41) is 3.27. The van der Waals surface area contributed by atoms with E-state index in [2.05, 4.69) is 12.2 Å². The van der Waals surface area contributed by atoms with Crippen LogP contribution in [0.4, 0.5) is 0 Å². The van der Waals surface area contributed by atoms with Crippen molar-refractivity contribution < 1.29 is 4.74 Å². The molecule has 0 radical (unpaired) electrons. The lowest BCUT2D eigenvalue weighted by Gasteiger charge is -2.08. The maximum Gasteiger partial charge on any atom is 0.250 e. The summed E-state index contributed by atoms with van der Waals surface area (Å²) in [4.78, 5) is 11.6. The fourth-order valence-electron chi connectivity index (χ4n) is 1.61. The van der Waals surface area contributed by atoms with Gasteiger partial charge in [-0.2, -0.15) is 0 Å². The first-order valence-electron chi connectivity index (χ1n) is 6.69. The zero-order valence-corrected chi connectivity index (χ0v) is 11.4. The molecule has 1 N–H and O–H groups in total. The molecule has 1 rings (SSSR count). The van der Waals surface area contributed by atoms with Crippen LogP contribution in [0.1, 0.15) is 25.3 Å². The third-order valence-corrected chi connectivity index (χ3v) is 2.75. The first-order valence-corrected chi connectivity index (χ1v) is 6.69. The quantitative estimate of drug-likeness (QED) is 0.678. The molecular weight excluding hydrogens is 228 g/mol. The number of pyridine rings is 1. The largest absolute Gasteiger partial charge is 0.380 e. The number of hydrogen-bond donors (Lipinski definition) is 1. The Morgan fingerprint density at radius 3 is 2.89 bits per heavy atom. The zero-order chi connectivity index (χ0) is 13.2. The van der Waals surface area contributed by atoms with Crippen molar-refractivity contribution in [2.24, 2.45) is 0 Å². The van der Waals surface area contributed by atoms with Crippen LogP contribution in [0.2, 0.25) is 0 Å². The molecule has 0 amide bonds. The number of nitrogens with zero attached hydrogens (tertiary/aromatic N) is 1. The van der Waals surface area contributed by atoms with E-state index in [1.807, 2.05) is 19.2 Å². The molecule has 0 spiro atoms. The second-order valence-electron chi connectivity index (χ2n) is 4.45. The van der Waals surface area contributed by atoms with E-state index in [9.17, 15) is 4.79 Å². The van der Waals surface area contributed by atoms with Gasteiger partial charge in [-0.25, -0.2) is 0 Å². The van der Waals surface area contributed by atoms with Gasteiger partial charge in [-0.3, -0.25) is 4.79 Å². The highest BCUT2D eigenvalue weighted by atomic mass is 16.5. The Bertz CT molecular complexity index is 388. The van der Waals surface area contributed by atoms with Gasteiger partial charge in [-0.1, -0.05) is 13.3 Å². The third-order valence-electron chi connectivity index (χ3n) is 2.75. The molecule has 102 valence electrons. The van der Waals surface area contributed by atoms with E-state index in [1.54, 1.807) is 10.6 Å². The van der Waals surface area contributed by atoms with Gasteiger partial charge >= 0.3 is 0 Å². The first-order chi connectivity index (χ1) is 8.74. The summed E-state index contributed by atoms with van der Waals surface area (Å²) >= 11 is 0. The van der Waals surface area contributed by atoms with Gasteiger partial charge in [0.25, 0.3) is 5.56 Å². The van der Waals surface area contributed by atoms with E-state index in [0.717, 1.165) is 38.3 Å². The predicted octanol–water partition coefficient (Wildman–Crippen LogP) is 1.56. The van der Waals surface area contributed by atoms with Gasteiger partial charge in [0.05, 0.1) is 6.61 Å². The molecule has 4 nitrogen and oxygen atoms in total. The molecule has 1 aromatic heterocycles. The van der Waals surface area contributed by atoms with Crippen LogP contribution < -0.4 is 10.9 Å². The van der Waals surface area contributed by atoms with Crippen LogP contribution in [0.3, 0.4) is 0 Å². The zero-order valence-electron chi connectivity index (χ0n) is 11.4. The lowest BCUT2D eigenvalue weighted by Crippen LogP contribution is -2.28. The van der Waals surface area contributed by atoms with Gasteiger partial charge < -0.3 is 14.6 Å². The van der Waals surface area contributed by atoms with Crippen molar-refractivity contribution in [3.05, 3.63) is 34.2 Å². The summed E-state index contributed by atoms with van der Waals surface area (Å²) in [6, 6.07) is 3.61. The number of aryl methyl sites for hydroxylation is 1. The highest BCUT2D eigenvalue weighted by molar-refractivity contribution is 5.07. The van der Waals surface area contributed by atoms with Crippen LogP contribution in [0.5, 0.6) is 0 Å². The van der Waals surface area contributed by atoms with Crippen LogP contribution in [-0.4, -0.2) is 30.9 Å². The summed E-state index contributed by atoms with van der Waals surface area (Å²) in [7, 11) is 0. The molecule has 0 aliphatic rings. The van der Waals surface area contributed by atoms with E-state index in [0.29, 0.717) is 6.54 Å². The highest BCUT2D eigenvalue weighted by Crippen LogP contribution is 1.90. The SMILES string of the molecule is CCCCOCCNCCn1ccc(C)cc1=O. The minimum atomic E-state index is 0.0657. The van der Waals surface area contributed by atoms with Gasteiger partial charge in [-0.15, -0.1) is 0 Å². The highest BCUT2D eigenvalue weighted by Gasteiger charge is 1.95. The number of aromatic nitrogens is 1. The molecule has 0 saturated heterocycles. The van der Waals surface area contributed by atoms with Gasteiger partial charge in [-0.05, 0) is 25.0 Å². The number of nitrogens with one attached hydrogen (secondary N) is 1. The summed E-state index contributed by atoms with van der Waals surface area (Å²) in [6.07, 6.45) is 4.14. The fraction of sp³-hybridized carbons (Fsp3) is 0.643. The van der Waals surface area contributed by atoms with E-state index < -0.39 is 0 Å². The average molecular weight is 252 g/mol. The van der Waals surface area contributed by atoms with Crippen molar-refractivity contribution in [3.8, 4) is 0 Å². The molecule has 18 heavy (non-hydrogen) atoms. The average Bonchev–Trinajstić information content (AvgIpc) is 2.35. The normalized spacial score (nSPS) is 10.8. The van der Waals surface area contributed by atoms with Gasteiger partial charge in [0.1, 0.15) is 0 Å². The van der Waals surface area contributed by atoms with Crippen molar-refractivity contribution in [1.29, 1.82) is 0 Å². The Morgan fingerprint density at radius 2 is 2.17 bits per heavy atom. The van der Waals surface area contributed by atoms with E-state index >= 15 is 0 Å². The minimum Gasteiger partial charge on any atom is -0.380 e. The molecule has 0 aromatic carbocycles. The summed E-state index contributed by atoms with van der Waals surface area (Å²) in [6.45, 7) is 8.00. The maximum atomic E-state index is 11.6. The minimum absolute atomic E-state index is 0.0657. The maximum absolute atomic E-state index is 11.6. The Hall–Kier alpha value is -1.13. The molecule has 1 heterocycles. The molecule has 1 aromatic rings.